The first-order chi connectivity index (χ1) is 5.34. The highest BCUT2D eigenvalue weighted by atomic mass is 16.6. The average Bonchev–Trinajstić information content (AvgIpc) is 2.27. The van der Waals surface area contributed by atoms with Crippen LogP contribution in [0.1, 0.15) is 19.3 Å². The molecular formula is C8H12O3. The van der Waals surface area contributed by atoms with Crippen molar-refractivity contribution in [3.05, 3.63) is 0 Å². The SMILES string of the molecule is O=C1CCC(OC2COC2)C1. The molecule has 0 aromatic carbocycles. The minimum atomic E-state index is 0.191. The van der Waals surface area contributed by atoms with Crippen LogP contribution in [0, 0.1) is 0 Å². The van der Waals surface area contributed by atoms with Gasteiger partial charge in [0.05, 0.1) is 19.3 Å². The number of carbonyl (C=O) groups is 1. The summed E-state index contributed by atoms with van der Waals surface area (Å²) in [6.45, 7) is 1.43. The number of hydrogen-bond donors (Lipinski definition) is 0. The van der Waals surface area contributed by atoms with E-state index in [1.807, 2.05) is 0 Å². The van der Waals surface area contributed by atoms with E-state index in [0.717, 1.165) is 6.42 Å². The zero-order valence-electron chi connectivity index (χ0n) is 6.41. The molecule has 0 radical (unpaired) electrons. The van der Waals surface area contributed by atoms with E-state index in [9.17, 15) is 4.79 Å². The normalized spacial score (nSPS) is 32.4. The highest BCUT2D eigenvalue weighted by molar-refractivity contribution is 5.81. The van der Waals surface area contributed by atoms with Crippen LogP contribution in [0.3, 0.4) is 0 Å². The highest BCUT2D eigenvalue weighted by Gasteiger charge is 2.28. The molecule has 3 nitrogen and oxygen atoms in total. The van der Waals surface area contributed by atoms with Crippen LogP contribution in [-0.2, 0) is 14.3 Å². The number of hydrogen-bond acceptors (Lipinski definition) is 3. The van der Waals surface area contributed by atoms with Gasteiger partial charge in [-0.05, 0) is 6.42 Å². The quantitative estimate of drug-likeness (QED) is 0.584. The van der Waals surface area contributed by atoms with Crippen LogP contribution < -0.4 is 0 Å². The summed E-state index contributed by atoms with van der Waals surface area (Å²) in [6, 6.07) is 0. The smallest absolute Gasteiger partial charge is 0.135 e. The van der Waals surface area contributed by atoms with Gasteiger partial charge in [0.25, 0.3) is 0 Å². The molecule has 0 aromatic rings. The van der Waals surface area contributed by atoms with Gasteiger partial charge in [0, 0.05) is 12.8 Å². The summed E-state index contributed by atoms with van der Waals surface area (Å²) < 4.78 is 10.5. The summed E-state index contributed by atoms with van der Waals surface area (Å²) in [5.41, 5.74) is 0. The topological polar surface area (TPSA) is 35.5 Å². The molecule has 0 aromatic heterocycles. The van der Waals surface area contributed by atoms with Gasteiger partial charge >= 0.3 is 0 Å². The van der Waals surface area contributed by atoms with Gasteiger partial charge in [0.15, 0.2) is 0 Å². The lowest BCUT2D eigenvalue weighted by atomic mass is 10.2. The fourth-order valence-corrected chi connectivity index (χ4v) is 1.46. The Morgan fingerprint density at radius 2 is 2.18 bits per heavy atom. The molecule has 1 aliphatic heterocycles. The number of rotatable bonds is 2. The fraction of sp³-hybridized carbons (Fsp3) is 0.875. The van der Waals surface area contributed by atoms with Crippen molar-refractivity contribution >= 4 is 5.78 Å². The zero-order valence-corrected chi connectivity index (χ0v) is 6.41. The maximum absolute atomic E-state index is 10.8. The standard InChI is InChI=1S/C8H12O3/c9-6-1-2-7(3-6)11-8-4-10-5-8/h7-8H,1-5H2. The van der Waals surface area contributed by atoms with Gasteiger partial charge in [-0.3, -0.25) is 4.79 Å². The van der Waals surface area contributed by atoms with E-state index in [2.05, 4.69) is 0 Å². The summed E-state index contributed by atoms with van der Waals surface area (Å²) in [4.78, 5) is 10.8. The Labute approximate surface area is 65.7 Å². The molecule has 3 heteroatoms. The largest absolute Gasteiger partial charge is 0.376 e. The van der Waals surface area contributed by atoms with E-state index in [1.54, 1.807) is 0 Å². The average molecular weight is 156 g/mol. The third kappa shape index (κ3) is 1.60. The van der Waals surface area contributed by atoms with Crippen LogP contribution in [0.15, 0.2) is 0 Å². The molecule has 1 saturated heterocycles. The first-order valence-electron chi connectivity index (χ1n) is 4.09. The molecule has 62 valence electrons. The van der Waals surface area contributed by atoms with Crippen molar-refractivity contribution in [2.24, 2.45) is 0 Å². The van der Waals surface area contributed by atoms with Crippen molar-refractivity contribution < 1.29 is 14.3 Å². The van der Waals surface area contributed by atoms with Crippen molar-refractivity contribution in [2.75, 3.05) is 13.2 Å². The van der Waals surface area contributed by atoms with E-state index < -0.39 is 0 Å². The van der Waals surface area contributed by atoms with Crippen molar-refractivity contribution in [3.8, 4) is 0 Å². The first kappa shape index (κ1) is 7.25. The van der Waals surface area contributed by atoms with E-state index in [-0.39, 0.29) is 12.2 Å². The maximum Gasteiger partial charge on any atom is 0.135 e. The summed E-state index contributed by atoms with van der Waals surface area (Å²) in [5, 5.41) is 0. The Hall–Kier alpha value is -0.410. The molecule has 11 heavy (non-hydrogen) atoms. The first-order valence-corrected chi connectivity index (χ1v) is 4.09. The fourth-order valence-electron chi connectivity index (χ4n) is 1.46. The van der Waals surface area contributed by atoms with Crippen molar-refractivity contribution in [3.63, 3.8) is 0 Å². The van der Waals surface area contributed by atoms with Crippen LogP contribution in [0.5, 0.6) is 0 Å². The lowest BCUT2D eigenvalue weighted by Gasteiger charge is -2.28. The second-order valence-electron chi connectivity index (χ2n) is 3.20. The second kappa shape index (κ2) is 2.91. The molecule has 1 atom stereocenters. The molecule has 0 amide bonds. The van der Waals surface area contributed by atoms with Crippen LogP contribution >= 0.6 is 0 Å². The molecule has 0 N–H and O–H groups in total. The number of ether oxygens (including phenoxy) is 2. The zero-order chi connectivity index (χ0) is 7.68. The monoisotopic (exact) mass is 156 g/mol. The van der Waals surface area contributed by atoms with Gasteiger partial charge in [-0.15, -0.1) is 0 Å². The maximum atomic E-state index is 10.8. The predicted molar refractivity (Wildman–Crippen MR) is 38.3 cm³/mol. The van der Waals surface area contributed by atoms with E-state index in [1.165, 1.54) is 0 Å². The van der Waals surface area contributed by atoms with E-state index >= 15 is 0 Å². The van der Waals surface area contributed by atoms with E-state index in [0.29, 0.717) is 31.8 Å². The highest BCUT2D eigenvalue weighted by Crippen LogP contribution is 2.21. The Morgan fingerprint density at radius 3 is 2.64 bits per heavy atom. The molecule has 1 saturated carbocycles. The number of Topliss-reactive ketones (excluding diaryl/α,β-unsaturated/α-hetero) is 1. The van der Waals surface area contributed by atoms with Crippen molar-refractivity contribution in [2.45, 2.75) is 31.5 Å². The summed E-state index contributed by atoms with van der Waals surface area (Å²) in [6.07, 6.45) is 2.70. The molecule has 1 unspecified atom stereocenters. The van der Waals surface area contributed by atoms with Crippen LogP contribution in [0.2, 0.25) is 0 Å². The Morgan fingerprint density at radius 1 is 1.36 bits per heavy atom. The molecule has 2 aliphatic rings. The van der Waals surface area contributed by atoms with Gasteiger partial charge in [0.2, 0.25) is 0 Å². The van der Waals surface area contributed by atoms with Crippen LogP contribution in [0.4, 0.5) is 0 Å². The molecular weight excluding hydrogens is 144 g/mol. The number of ketones is 1. The molecule has 0 bridgehead atoms. The molecule has 2 fully saturated rings. The minimum absolute atomic E-state index is 0.191. The summed E-state index contributed by atoms with van der Waals surface area (Å²) in [7, 11) is 0. The van der Waals surface area contributed by atoms with Gasteiger partial charge in [-0.25, -0.2) is 0 Å². The van der Waals surface area contributed by atoms with Gasteiger partial charge < -0.3 is 9.47 Å². The van der Waals surface area contributed by atoms with Crippen LogP contribution in [-0.4, -0.2) is 31.2 Å². The van der Waals surface area contributed by atoms with Gasteiger partial charge in [-0.2, -0.15) is 0 Å². The lowest BCUT2D eigenvalue weighted by molar-refractivity contribution is -0.153. The third-order valence-corrected chi connectivity index (χ3v) is 2.19. The Kier molecular flexibility index (Phi) is 1.92. The molecule has 2 rings (SSSR count). The lowest BCUT2D eigenvalue weighted by Crippen LogP contribution is -2.38. The third-order valence-electron chi connectivity index (χ3n) is 2.19. The summed E-state index contributed by atoms with van der Waals surface area (Å²) in [5.74, 6) is 0.343. The van der Waals surface area contributed by atoms with Crippen molar-refractivity contribution in [1.82, 2.24) is 0 Å². The molecule has 0 spiro atoms. The summed E-state index contributed by atoms with van der Waals surface area (Å²) >= 11 is 0. The Bertz CT molecular complexity index is 163. The predicted octanol–water partition coefficient (Wildman–Crippen LogP) is 0.523. The number of carbonyl (C=O) groups excluding carboxylic acids is 1. The second-order valence-corrected chi connectivity index (χ2v) is 3.20. The van der Waals surface area contributed by atoms with Gasteiger partial charge in [-0.1, -0.05) is 0 Å². The van der Waals surface area contributed by atoms with Gasteiger partial charge in [0.1, 0.15) is 11.9 Å². The van der Waals surface area contributed by atoms with Crippen molar-refractivity contribution in [1.29, 1.82) is 0 Å². The minimum Gasteiger partial charge on any atom is -0.376 e. The molecule has 1 heterocycles. The molecule has 1 aliphatic carbocycles. The van der Waals surface area contributed by atoms with E-state index in [4.69, 9.17) is 9.47 Å². The Balaban J connectivity index is 1.73. The van der Waals surface area contributed by atoms with Crippen LogP contribution in [0.25, 0.3) is 0 Å².